The Labute approximate surface area is 145 Å². The maximum atomic E-state index is 14.2. The SMILES string of the molecule is COc1ccc(-c2[nH]c3ccccc3[n+]2Cc2ccccc2F)cc1. The Morgan fingerprint density at radius 2 is 1.64 bits per heavy atom. The number of benzene rings is 3. The summed E-state index contributed by atoms with van der Waals surface area (Å²) in [7, 11) is 1.65. The average Bonchev–Trinajstić information content (AvgIpc) is 3.02. The van der Waals surface area contributed by atoms with Crippen molar-refractivity contribution in [3.8, 4) is 17.1 Å². The molecule has 0 bridgehead atoms. The second-order valence-electron chi connectivity index (χ2n) is 5.90. The number of halogens is 1. The number of aromatic nitrogens is 2. The van der Waals surface area contributed by atoms with E-state index in [0.29, 0.717) is 12.1 Å². The third kappa shape index (κ3) is 2.87. The summed E-state index contributed by atoms with van der Waals surface area (Å²) < 4.78 is 21.5. The van der Waals surface area contributed by atoms with Crippen LogP contribution in [-0.2, 0) is 6.54 Å². The van der Waals surface area contributed by atoms with E-state index in [1.165, 1.54) is 6.07 Å². The standard InChI is InChI=1S/C21H17FN2O/c1-25-17-12-10-15(11-13-17)21-23-19-8-4-5-9-20(19)24(21)14-16-6-2-3-7-18(16)22/h2-13H,14H2,1H3/p+1. The van der Waals surface area contributed by atoms with Crippen molar-refractivity contribution in [3.05, 3.63) is 84.2 Å². The summed E-state index contributed by atoms with van der Waals surface area (Å²) in [4.78, 5) is 3.46. The van der Waals surface area contributed by atoms with Gasteiger partial charge in [-0.2, -0.15) is 0 Å². The zero-order valence-corrected chi connectivity index (χ0v) is 13.9. The maximum absolute atomic E-state index is 14.2. The first-order chi connectivity index (χ1) is 12.3. The molecule has 0 unspecified atom stereocenters. The highest BCUT2D eigenvalue weighted by Gasteiger charge is 2.21. The highest BCUT2D eigenvalue weighted by atomic mass is 19.1. The summed E-state index contributed by atoms with van der Waals surface area (Å²) in [6, 6.07) is 22.8. The average molecular weight is 333 g/mol. The molecule has 0 radical (unpaired) electrons. The van der Waals surface area contributed by atoms with Crippen molar-refractivity contribution in [1.82, 2.24) is 4.98 Å². The molecule has 0 saturated carbocycles. The lowest BCUT2D eigenvalue weighted by molar-refractivity contribution is -0.651. The maximum Gasteiger partial charge on any atom is 0.287 e. The van der Waals surface area contributed by atoms with Crippen LogP contribution in [0.5, 0.6) is 5.75 Å². The molecule has 25 heavy (non-hydrogen) atoms. The molecule has 1 heterocycles. The van der Waals surface area contributed by atoms with E-state index in [1.807, 2.05) is 60.7 Å². The van der Waals surface area contributed by atoms with Gasteiger partial charge in [-0.15, -0.1) is 0 Å². The number of H-pyrrole nitrogens is 1. The van der Waals surface area contributed by atoms with Crippen LogP contribution in [0.2, 0.25) is 0 Å². The Hall–Kier alpha value is -3.14. The van der Waals surface area contributed by atoms with Crippen molar-refractivity contribution in [2.24, 2.45) is 0 Å². The third-order valence-electron chi connectivity index (χ3n) is 4.37. The van der Waals surface area contributed by atoms with Crippen molar-refractivity contribution in [1.29, 1.82) is 0 Å². The van der Waals surface area contributed by atoms with Crippen molar-refractivity contribution >= 4 is 11.0 Å². The predicted octanol–water partition coefficient (Wildman–Crippen LogP) is 4.32. The van der Waals surface area contributed by atoms with Gasteiger partial charge in [-0.1, -0.05) is 30.3 Å². The Balaban J connectivity index is 1.87. The van der Waals surface area contributed by atoms with Gasteiger partial charge in [-0.3, -0.25) is 0 Å². The number of imidazole rings is 1. The number of fused-ring (bicyclic) bond motifs is 1. The number of hydrogen-bond acceptors (Lipinski definition) is 1. The van der Waals surface area contributed by atoms with E-state index in [2.05, 4.69) is 9.55 Å². The van der Waals surface area contributed by atoms with Gasteiger partial charge in [0.2, 0.25) is 0 Å². The molecule has 0 aliphatic carbocycles. The van der Waals surface area contributed by atoms with Crippen LogP contribution >= 0.6 is 0 Å². The lowest BCUT2D eigenvalue weighted by Gasteiger charge is -2.05. The number of ether oxygens (including phenoxy) is 1. The summed E-state index contributed by atoms with van der Waals surface area (Å²) in [6.07, 6.45) is 0. The van der Waals surface area contributed by atoms with Crippen LogP contribution in [-0.4, -0.2) is 12.1 Å². The first-order valence-electron chi connectivity index (χ1n) is 8.14. The van der Waals surface area contributed by atoms with Gasteiger partial charge in [0.1, 0.15) is 18.1 Å². The summed E-state index contributed by atoms with van der Waals surface area (Å²) in [5.74, 6) is 1.55. The van der Waals surface area contributed by atoms with Crippen LogP contribution in [0.3, 0.4) is 0 Å². The molecular formula is C21H18FN2O+. The number of hydrogen-bond donors (Lipinski definition) is 1. The molecule has 1 aromatic heterocycles. The number of methoxy groups -OCH3 is 1. The number of para-hydroxylation sites is 2. The highest BCUT2D eigenvalue weighted by molar-refractivity contribution is 5.74. The van der Waals surface area contributed by atoms with Gasteiger partial charge < -0.3 is 4.74 Å². The Morgan fingerprint density at radius 3 is 2.40 bits per heavy atom. The second-order valence-corrected chi connectivity index (χ2v) is 5.90. The van der Waals surface area contributed by atoms with E-state index in [4.69, 9.17) is 4.74 Å². The van der Waals surface area contributed by atoms with Crippen LogP contribution < -0.4 is 9.30 Å². The monoisotopic (exact) mass is 333 g/mol. The van der Waals surface area contributed by atoms with Crippen LogP contribution in [0.25, 0.3) is 22.4 Å². The Morgan fingerprint density at radius 1 is 0.920 bits per heavy atom. The summed E-state index contributed by atoms with van der Waals surface area (Å²) in [5, 5.41) is 0. The van der Waals surface area contributed by atoms with E-state index in [1.54, 1.807) is 13.2 Å². The van der Waals surface area contributed by atoms with E-state index < -0.39 is 0 Å². The molecular weight excluding hydrogens is 315 g/mol. The van der Waals surface area contributed by atoms with Gasteiger partial charge >= 0.3 is 0 Å². The van der Waals surface area contributed by atoms with Crippen molar-refractivity contribution in [2.75, 3.05) is 7.11 Å². The van der Waals surface area contributed by atoms with Gasteiger partial charge in [0.15, 0.2) is 11.0 Å². The molecule has 0 spiro atoms. The summed E-state index contributed by atoms with van der Waals surface area (Å²) in [5.41, 5.74) is 3.74. The molecule has 3 aromatic carbocycles. The van der Waals surface area contributed by atoms with Crippen LogP contribution in [0, 0.1) is 5.82 Å². The van der Waals surface area contributed by atoms with Crippen LogP contribution in [0.15, 0.2) is 72.8 Å². The molecule has 4 rings (SSSR count). The van der Waals surface area contributed by atoms with E-state index in [9.17, 15) is 4.39 Å². The minimum Gasteiger partial charge on any atom is -0.497 e. The number of nitrogens with zero attached hydrogens (tertiary/aromatic N) is 1. The fraction of sp³-hybridized carbons (Fsp3) is 0.0952. The highest BCUT2D eigenvalue weighted by Crippen LogP contribution is 2.22. The Kier molecular flexibility index (Phi) is 3.94. The van der Waals surface area contributed by atoms with Crippen molar-refractivity contribution in [3.63, 3.8) is 0 Å². The normalized spacial score (nSPS) is 11.0. The van der Waals surface area contributed by atoms with E-state index in [0.717, 1.165) is 28.2 Å². The zero-order chi connectivity index (χ0) is 17.2. The molecule has 0 atom stereocenters. The quantitative estimate of drug-likeness (QED) is 0.554. The smallest absolute Gasteiger partial charge is 0.287 e. The Bertz CT molecular complexity index is 1020. The zero-order valence-electron chi connectivity index (χ0n) is 13.9. The van der Waals surface area contributed by atoms with Crippen molar-refractivity contribution in [2.45, 2.75) is 6.54 Å². The van der Waals surface area contributed by atoms with Crippen LogP contribution in [0.4, 0.5) is 4.39 Å². The van der Waals surface area contributed by atoms with Gasteiger partial charge in [-0.05, 0) is 42.5 Å². The van der Waals surface area contributed by atoms with Gasteiger partial charge in [0.05, 0.1) is 12.7 Å². The predicted molar refractivity (Wildman–Crippen MR) is 96.0 cm³/mol. The lowest BCUT2D eigenvalue weighted by atomic mass is 10.1. The summed E-state index contributed by atoms with van der Waals surface area (Å²) >= 11 is 0. The molecule has 3 nitrogen and oxygen atoms in total. The number of nitrogens with one attached hydrogen (secondary N) is 1. The fourth-order valence-electron chi connectivity index (χ4n) is 3.07. The van der Waals surface area contributed by atoms with Crippen molar-refractivity contribution < 1.29 is 13.7 Å². The molecule has 0 aliphatic heterocycles. The minimum absolute atomic E-state index is 0.194. The second kappa shape index (κ2) is 6.40. The molecule has 4 heteroatoms. The molecule has 4 aromatic rings. The summed E-state index contributed by atoms with van der Waals surface area (Å²) in [6.45, 7) is 0.456. The third-order valence-corrected chi connectivity index (χ3v) is 4.37. The fourth-order valence-corrected chi connectivity index (χ4v) is 3.07. The van der Waals surface area contributed by atoms with E-state index in [-0.39, 0.29) is 5.82 Å². The molecule has 0 saturated heterocycles. The number of rotatable bonds is 4. The molecule has 0 fully saturated rings. The van der Waals surface area contributed by atoms with Gasteiger partial charge in [0, 0.05) is 5.56 Å². The van der Waals surface area contributed by atoms with E-state index >= 15 is 0 Å². The van der Waals surface area contributed by atoms with Crippen LogP contribution in [0.1, 0.15) is 5.56 Å². The largest absolute Gasteiger partial charge is 0.497 e. The topological polar surface area (TPSA) is 28.9 Å². The minimum atomic E-state index is -0.194. The molecule has 124 valence electrons. The molecule has 1 N–H and O–H groups in total. The first-order valence-corrected chi connectivity index (χ1v) is 8.14. The molecule has 0 amide bonds. The lowest BCUT2D eigenvalue weighted by Crippen LogP contribution is -2.36. The molecule has 0 aliphatic rings. The van der Waals surface area contributed by atoms with Gasteiger partial charge in [-0.25, -0.2) is 13.9 Å². The van der Waals surface area contributed by atoms with Gasteiger partial charge in [0.25, 0.3) is 5.82 Å². The first kappa shape index (κ1) is 15.4. The number of aromatic amines is 1.